The molecule has 0 aliphatic heterocycles. The molecule has 0 N–H and O–H groups in total. The van der Waals surface area contributed by atoms with Gasteiger partial charge in [-0.1, -0.05) is 18.2 Å². The topological polar surface area (TPSA) is 70.5 Å². The van der Waals surface area contributed by atoms with Crippen molar-refractivity contribution < 1.29 is 0 Å². The van der Waals surface area contributed by atoms with Crippen LogP contribution in [0.1, 0.15) is 11.4 Å². The summed E-state index contributed by atoms with van der Waals surface area (Å²) in [7, 11) is 1.57. The predicted octanol–water partition coefficient (Wildman–Crippen LogP) is 0.519. The first-order chi connectivity index (χ1) is 9.65. The monoisotopic (exact) mass is 270 g/mol. The van der Waals surface area contributed by atoms with Gasteiger partial charge in [-0.3, -0.25) is 0 Å². The Kier molecular flexibility index (Phi) is 2.94. The van der Waals surface area contributed by atoms with E-state index in [-0.39, 0.29) is 5.69 Å². The fourth-order valence-corrected chi connectivity index (χ4v) is 2.05. The number of hydrogen-bond donors (Lipinski definition) is 0. The minimum atomic E-state index is -0.253. The zero-order chi connectivity index (χ0) is 14.1. The SMILES string of the molecule is Cc1cc(Cn2nnn(C)c2=O)nn1-c1ccccc1. The highest BCUT2D eigenvalue weighted by molar-refractivity contribution is 5.33. The summed E-state index contributed by atoms with van der Waals surface area (Å²) >= 11 is 0. The van der Waals surface area contributed by atoms with E-state index in [4.69, 9.17) is 0 Å². The average Bonchev–Trinajstić information content (AvgIpc) is 2.97. The number of para-hydroxylation sites is 1. The normalized spacial score (nSPS) is 10.9. The molecule has 102 valence electrons. The molecule has 0 fully saturated rings. The van der Waals surface area contributed by atoms with Gasteiger partial charge in [0.25, 0.3) is 0 Å². The number of rotatable bonds is 3. The molecule has 1 aromatic carbocycles. The lowest BCUT2D eigenvalue weighted by atomic mass is 10.3. The van der Waals surface area contributed by atoms with E-state index in [2.05, 4.69) is 15.5 Å². The van der Waals surface area contributed by atoms with Gasteiger partial charge < -0.3 is 0 Å². The van der Waals surface area contributed by atoms with Gasteiger partial charge in [0.2, 0.25) is 0 Å². The Bertz CT molecular complexity index is 783. The minimum absolute atomic E-state index is 0.253. The molecule has 0 aliphatic carbocycles. The maximum atomic E-state index is 11.7. The Morgan fingerprint density at radius 3 is 2.55 bits per heavy atom. The van der Waals surface area contributed by atoms with Gasteiger partial charge in [-0.15, -0.1) is 0 Å². The lowest BCUT2D eigenvalue weighted by molar-refractivity contribution is 0.615. The number of aryl methyl sites for hydroxylation is 2. The van der Waals surface area contributed by atoms with Crippen molar-refractivity contribution in [3.8, 4) is 5.69 Å². The Morgan fingerprint density at radius 2 is 1.90 bits per heavy atom. The van der Waals surface area contributed by atoms with Crippen LogP contribution in [0.15, 0.2) is 41.2 Å². The van der Waals surface area contributed by atoms with Gasteiger partial charge in [0.15, 0.2) is 0 Å². The van der Waals surface area contributed by atoms with E-state index in [0.29, 0.717) is 6.54 Å². The molecule has 7 heteroatoms. The average molecular weight is 270 g/mol. The van der Waals surface area contributed by atoms with Crippen LogP contribution in [0.5, 0.6) is 0 Å². The molecule has 20 heavy (non-hydrogen) atoms. The third kappa shape index (κ3) is 2.13. The summed E-state index contributed by atoms with van der Waals surface area (Å²) in [5.74, 6) is 0. The molecule has 0 spiro atoms. The third-order valence-corrected chi connectivity index (χ3v) is 3.03. The molecule has 0 atom stereocenters. The zero-order valence-electron chi connectivity index (χ0n) is 11.3. The van der Waals surface area contributed by atoms with E-state index in [9.17, 15) is 4.79 Å². The summed E-state index contributed by atoms with van der Waals surface area (Å²) < 4.78 is 4.33. The number of tetrazole rings is 1. The molecule has 2 aromatic heterocycles. The van der Waals surface area contributed by atoms with Gasteiger partial charge in [-0.05, 0) is 35.5 Å². The Balaban J connectivity index is 1.94. The molecule has 0 aliphatic rings. The van der Waals surface area contributed by atoms with Gasteiger partial charge in [0.05, 0.1) is 17.9 Å². The Morgan fingerprint density at radius 1 is 1.15 bits per heavy atom. The zero-order valence-corrected chi connectivity index (χ0v) is 11.3. The van der Waals surface area contributed by atoms with E-state index < -0.39 is 0 Å². The van der Waals surface area contributed by atoms with Crippen LogP contribution >= 0.6 is 0 Å². The van der Waals surface area contributed by atoms with Crippen molar-refractivity contribution in [1.29, 1.82) is 0 Å². The van der Waals surface area contributed by atoms with Crippen molar-refractivity contribution in [3.05, 3.63) is 58.3 Å². The van der Waals surface area contributed by atoms with Crippen LogP contribution in [0, 0.1) is 6.92 Å². The van der Waals surface area contributed by atoms with E-state index in [1.807, 2.05) is 48.0 Å². The largest absolute Gasteiger partial charge is 0.363 e. The first-order valence-corrected chi connectivity index (χ1v) is 6.23. The van der Waals surface area contributed by atoms with Crippen molar-refractivity contribution in [1.82, 2.24) is 29.6 Å². The van der Waals surface area contributed by atoms with E-state index >= 15 is 0 Å². The Hall–Kier alpha value is -2.70. The number of nitrogens with zero attached hydrogens (tertiary/aromatic N) is 6. The summed E-state index contributed by atoms with van der Waals surface area (Å²) in [6.45, 7) is 2.29. The second kappa shape index (κ2) is 4.76. The molecule has 3 aromatic rings. The van der Waals surface area contributed by atoms with Crippen LogP contribution in [0.3, 0.4) is 0 Å². The second-order valence-electron chi connectivity index (χ2n) is 4.57. The van der Waals surface area contributed by atoms with Gasteiger partial charge in [-0.25, -0.2) is 9.48 Å². The molecule has 3 rings (SSSR count). The van der Waals surface area contributed by atoms with Gasteiger partial charge in [0, 0.05) is 12.7 Å². The fourth-order valence-electron chi connectivity index (χ4n) is 2.05. The first kappa shape index (κ1) is 12.3. The van der Waals surface area contributed by atoms with Crippen LogP contribution in [-0.2, 0) is 13.6 Å². The summed E-state index contributed by atoms with van der Waals surface area (Å²) in [4.78, 5) is 11.7. The van der Waals surface area contributed by atoms with Crippen molar-refractivity contribution in [2.24, 2.45) is 7.05 Å². The van der Waals surface area contributed by atoms with Crippen LogP contribution in [-0.4, -0.2) is 29.6 Å². The molecule has 0 saturated carbocycles. The first-order valence-electron chi connectivity index (χ1n) is 6.23. The second-order valence-corrected chi connectivity index (χ2v) is 4.57. The smallest absolute Gasteiger partial charge is 0.244 e. The third-order valence-electron chi connectivity index (χ3n) is 3.03. The van der Waals surface area contributed by atoms with E-state index in [0.717, 1.165) is 17.1 Å². The molecule has 0 bridgehead atoms. The van der Waals surface area contributed by atoms with E-state index in [1.165, 1.54) is 9.36 Å². The number of benzene rings is 1. The molecular formula is C13H14N6O. The quantitative estimate of drug-likeness (QED) is 0.695. The summed E-state index contributed by atoms with van der Waals surface area (Å²) in [5.41, 5.74) is 2.51. The highest BCUT2D eigenvalue weighted by atomic mass is 16.2. The van der Waals surface area contributed by atoms with Crippen LogP contribution in [0.2, 0.25) is 0 Å². The maximum absolute atomic E-state index is 11.7. The molecule has 2 heterocycles. The molecule has 0 radical (unpaired) electrons. The van der Waals surface area contributed by atoms with Gasteiger partial charge >= 0.3 is 5.69 Å². The van der Waals surface area contributed by atoms with Crippen LogP contribution in [0.4, 0.5) is 0 Å². The summed E-state index contributed by atoms with van der Waals surface area (Å²) in [5, 5.41) is 12.0. The minimum Gasteiger partial charge on any atom is -0.244 e. The van der Waals surface area contributed by atoms with Gasteiger partial charge in [0.1, 0.15) is 0 Å². The fraction of sp³-hybridized carbons (Fsp3) is 0.231. The molecule has 0 unspecified atom stereocenters. The standard InChI is InChI=1S/C13H14N6O/c1-10-8-11(9-18-13(20)17(2)15-16-18)14-19(10)12-6-4-3-5-7-12/h3-8H,9H2,1-2H3. The molecule has 0 saturated heterocycles. The lowest BCUT2D eigenvalue weighted by Crippen LogP contribution is -2.23. The van der Waals surface area contributed by atoms with Crippen molar-refractivity contribution in [3.63, 3.8) is 0 Å². The van der Waals surface area contributed by atoms with Crippen molar-refractivity contribution in [2.45, 2.75) is 13.5 Å². The van der Waals surface area contributed by atoms with Crippen LogP contribution in [0.25, 0.3) is 5.69 Å². The number of aromatic nitrogens is 6. The van der Waals surface area contributed by atoms with Crippen molar-refractivity contribution >= 4 is 0 Å². The van der Waals surface area contributed by atoms with Crippen LogP contribution < -0.4 is 5.69 Å². The summed E-state index contributed by atoms with van der Waals surface area (Å²) in [6.07, 6.45) is 0. The van der Waals surface area contributed by atoms with E-state index in [1.54, 1.807) is 7.05 Å². The van der Waals surface area contributed by atoms with Gasteiger partial charge in [-0.2, -0.15) is 14.5 Å². The summed E-state index contributed by atoms with van der Waals surface area (Å²) in [6, 6.07) is 11.8. The highest BCUT2D eigenvalue weighted by Gasteiger charge is 2.09. The molecule has 0 amide bonds. The Labute approximate surface area is 115 Å². The molecule has 7 nitrogen and oxygen atoms in total. The predicted molar refractivity (Wildman–Crippen MR) is 72.7 cm³/mol. The van der Waals surface area contributed by atoms with Crippen molar-refractivity contribution in [2.75, 3.05) is 0 Å². The highest BCUT2D eigenvalue weighted by Crippen LogP contribution is 2.11. The lowest BCUT2D eigenvalue weighted by Gasteiger charge is -2.02. The molecular weight excluding hydrogens is 256 g/mol. The maximum Gasteiger partial charge on any atom is 0.363 e. The number of hydrogen-bond acceptors (Lipinski definition) is 4.